The first-order valence-corrected chi connectivity index (χ1v) is 4.23. The number of aromatic nitrogens is 4. The largest absolute Gasteiger partial charge is 0.436 e. The van der Waals surface area contributed by atoms with Crippen LogP contribution >= 0.6 is 0 Å². The van der Waals surface area contributed by atoms with Gasteiger partial charge in [-0.3, -0.25) is 14.3 Å². The molecule has 2 aromatic rings. The minimum atomic E-state index is -0.724. The molecule has 0 saturated carbocycles. The van der Waals surface area contributed by atoms with Gasteiger partial charge in [0.05, 0.1) is 7.05 Å². The van der Waals surface area contributed by atoms with E-state index in [1.165, 1.54) is 14.1 Å². The van der Waals surface area contributed by atoms with Crippen LogP contribution in [0.4, 0.5) is 5.95 Å². The third-order valence-electron chi connectivity index (χ3n) is 2.27. The number of fused-ring (bicyclic) bond motifs is 1. The summed E-state index contributed by atoms with van der Waals surface area (Å²) in [6.45, 7) is 0. The van der Waals surface area contributed by atoms with E-state index in [-0.39, 0.29) is 11.2 Å². The number of aromatic amines is 1. The first kappa shape index (κ1) is 10.1. The Morgan fingerprint density at radius 2 is 1.94 bits per heavy atom. The Morgan fingerprint density at radius 3 is 2.50 bits per heavy atom. The van der Waals surface area contributed by atoms with Crippen molar-refractivity contribution in [2.45, 2.75) is 0 Å². The molecule has 1 N–H and O–H groups in total. The molecule has 0 spiro atoms. The number of H-pyrrole nitrogens is 1. The van der Waals surface area contributed by atoms with Gasteiger partial charge in [-0.1, -0.05) is 4.98 Å². The lowest BCUT2D eigenvalue weighted by Crippen LogP contribution is -2.32. The monoisotopic (exact) mass is 225 g/mol. The standard InChI is InChI=1S/C7H7N5O4/c1-10-4-3(8-6(10)12(15)16)5(13)11(2)7(14)9-4/h1-2H3,(H,9,14). The summed E-state index contributed by atoms with van der Waals surface area (Å²) in [6.07, 6.45) is 0. The zero-order valence-corrected chi connectivity index (χ0v) is 8.42. The van der Waals surface area contributed by atoms with Crippen molar-refractivity contribution in [2.24, 2.45) is 14.1 Å². The van der Waals surface area contributed by atoms with E-state index in [2.05, 4.69) is 9.97 Å². The summed E-state index contributed by atoms with van der Waals surface area (Å²) < 4.78 is 1.86. The van der Waals surface area contributed by atoms with Crippen LogP contribution in [-0.2, 0) is 14.1 Å². The summed E-state index contributed by atoms with van der Waals surface area (Å²) in [5.41, 5.74) is -1.39. The van der Waals surface area contributed by atoms with Crippen LogP contribution in [0.5, 0.6) is 0 Å². The fraction of sp³-hybridized carbons (Fsp3) is 0.286. The van der Waals surface area contributed by atoms with E-state index in [1.807, 2.05) is 0 Å². The Hall–Kier alpha value is -2.45. The highest BCUT2D eigenvalue weighted by Gasteiger charge is 2.23. The highest BCUT2D eigenvalue weighted by Crippen LogP contribution is 2.13. The molecule has 0 amide bonds. The molecule has 2 heterocycles. The van der Waals surface area contributed by atoms with E-state index < -0.39 is 22.1 Å². The summed E-state index contributed by atoms with van der Waals surface area (Å²) in [7, 11) is 2.62. The lowest BCUT2D eigenvalue weighted by molar-refractivity contribution is -0.396. The van der Waals surface area contributed by atoms with Gasteiger partial charge in [-0.15, -0.1) is 0 Å². The Bertz CT molecular complexity index is 706. The highest BCUT2D eigenvalue weighted by molar-refractivity contribution is 5.71. The molecule has 0 aliphatic heterocycles. The second-order valence-electron chi connectivity index (χ2n) is 3.22. The number of hydrogen-bond acceptors (Lipinski definition) is 5. The first-order chi connectivity index (χ1) is 7.43. The van der Waals surface area contributed by atoms with Gasteiger partial charge >= 0.3 is 17.2 Å². The molecule has 0 radical (unpaired) electrons. The third kappa shape index (κ3) is 1.14. The fourth-order valence-corrected chi connectivity index (χ4v) is 1.38. The van der Waals surface area contributed by atoms with Gasteiger partial charge < -0.3 is 10.1 Å². The van der Waals surface area contributed by atoms with Gasteiger partial charge in [0.25, 0.3) is 5.52 Å². The molecule has 0 saturated heterocycles. The lowest BCUT2D eigenvalue weighted by Gasteiger charge is -1.94. The summed E-state index contributed by atoms with van der Waals surface area (Å²) in [5, 5.41) is 10.6. The molecular weight excluding hydrogens is 218 g/mol. The number of nitrogens with one attached hydrogen (secondary N) is 1. The van der Waals surface area contributed by atoms with Gasteiger partial charge in [0, 0.05) is 7.05 Å². The van der Waals surface area contributed by atoms with Crippen molar-refractivity contribution in [3.8, 4) is 0 Å². The van der Waals surface area contributed by atoms with Crippen molar-refractivity contribution < 1.29 is 4.92 Å². The fourth-order valence-electron chi connectivity index (χ4n) is 1.38. The van der Waals surface area contributed by atoms with Crippen LogP contribution in [0.3, 0.4) is 0 Å². The molecule has 0 bridgehead atoms. The molecule has 9 nitrogen and oxygen atoms in total. The number of nitro groups is 1. The maximum absolute atomic E-state index is 11.6. The predicted octanol–water partition coefficient (Wildman–Crippen LogP) is -1.13. The highest BCUT2D eigenvalue weighted by atomic mass is 16.6. The van der Waals surface area contributed by atoms with E-state index in [9.17, 15) is 19.7 Å². The first-order valence-electron chi connectivity index (χ1n) is 4.23. The molecule has 9 heteroatoms. The van der Waals surface area contributed by atoms with E-state index in [0.717, 1.165) is 9.13 Å². The van der Waals surface area contributed by atoms with Crippen LogP contribution in [0.25, 0.3) is 11.2 Å². The van der Waals surface area contributed by atoms with Gasteiger partial charge in [-0.25, -0.2) is 9.36 Å². The molecule has 16 heavy (non-hydrogen) atoms. The molecule has 0 aromatic carbocycles. The normalized spacial score (nSPS) is 10.9. The Labute approximate surface area is 87.1 Å². The van der Waals surface area contributed by atoms with Crippen LogP contribution in [0.1, 0.15) is 0 Å². The summed E-state index contributed by atoms with van der Waals surface area (Å²) >= 11 is 0. The van der Waals surface area contributed by atoms with Crippen LogP contribution in [0, 0.1) is 10.1 Å². The van der Waals surface area contributed by atoms with Crippen LogP contribution in [0.2, 0.25) is 0 Å². The van der Waals surface area contributed by atoms with Crippen molar-refractivity contribution in [2.75, 3.05) is 0 Å². The van der Waals surface area contributed by atoms with E-state index >= 15 is 0 Å². The smallest absolute Gasteiger partial charge is 0.390 e. The van der Waals surface area contributed by atoms with Gasteiger partial charge in [-0.2, -0.15) is 0 Å². The van der Waals surface area contributed by atoms with Crippen molar-refractivity contribution in [3.05, 3.63) is 31.0 Å². The molecule has 0 atom stereocenters. The Kier molecular flexibility index (Phi) is 1.90. The van der Waals surface area contributed by atoms with E-state index in [4.69, 9.17) is 0 Å². The molecule has 2 rings (SSSR count). The average molecular weight is 225 g/mol. The number of imidazole rings is 1. The number of rotatable bonds is 1. The van der Waals surface area contributed by atoms with E-state index in [0.29, 0.717) is 0 Å². The zero-order chi connectivity index (χ0) is 12.0. The summed E-state index contributed by atoms with van der Waals surface area (Å²) in [6, 6.07) is 0. The maximum atomic E-state index is 11.6. The molecule has 2 aromatic heterocycles. The minimum Gasteiger partial charge on any atom is -0.390 e. The second kappa shape index (κ2) is 3.02. The Balaban J connectivity index is 3.04. The SMILES string of the molecule is Cn1c(=O)[nH]c2c(nc([N+](=O)[O-])n2C)c1=O. The van der Waals surface area contributed by atoms with Gasteiger partial charge in [-0.05, 0) is 4.92 Å². The molecule has 0 fully saturated rings. The van der Waals surface area contributed by atoms with Crippen molar-refractivity contribution in [1.82, 2.24) is 19.1 Å². The van der Waals surface area contributed by atoms with Gasteiger partial charge in [0.1, 0.15) is 0 Å². The predicted molar refractivity (Wildman–Crippen MR) is 53.2 cm³/mol. The van der Waals surface area contributed by atoms with Crippen LogP contribution in [-0.4, -0.2) is 24.0 Å². The topological polar surface area (TPSA) is 116 Å². The van der Waals surface area contributed by atoms with Crippen LogP contribution < -0.4 is 11.2 Å². The average Bonchev–Trinajstić information content (AvgIpc) is 2.54. The summed E-state index contributed by atoms with van der Waals surface area (Å²) in [4.78, 5) is 38.7. The van der Waals surface area contributed by atoms with Gasteiger partial charge in [0.2, 0.25) is 5.65 Å². The van der Waals surface area contributed by atoms with Crippen molar-refractivity contribution >= 4 is 17.1 Å². The molecule has 0 aliphatic rings. The minimum absolute atomic E-state index is 0.0415. The number of hydrogen-bond donors (Lipinski definition) is 1. The lowest BCUT2D eigenvalue weighted by atomic mass is 10.5. The third-order valence-corrected chi connectivity index (χ3v) is 2.27. The van der Waals surface area contributed by atoms with Crippen molar-refractivity contribution in [3.63, 3.8) is 0 Å². The number of nitrogens with zero attached hydrogens (tertiary/aromatic N) is 4. The van der Waals surface area contributed by atoms with E-state index in [1.54, 1.807) is 0 Å². The molecule has 0 unspecified atom stereocenters. The molecule has 84 valence electrons. The zero-order valence-electron chi connectivity index (χ0n) is 8.42. The quantitative estimate of drug-likeness (QED) is 0.486. The van der Waals surface area contributed by atoms with Crippen molar-refractivity contribution in [1.29, 1.82) is 0 Å². The molecular formula is C7H7N5O4. The number of aryl methyl sites for hydroxylation is 1. The van der Waals surface area contributed by atoms with Crippen LogP contribution in [0.15, 0.2) is 9.59 Å². The Morgan fingerprint density at radius 1 is 1.31 bits per heavy atom. The molecule has 0 aliphatic carbocycles. The van der Waals surface area contributed by atoms with Gasteiger partial charge in [0.15, 0.2) is 0 Å². The summed E-state index contributed by atoms with van der Waals surface area (Å²) in [5.74, 6) is -0.492. The second-order valence-corrected chi connectivity index (χ2v) is 3.22. The maximum Gasteiger partial charge on any atom is 0.436 e.